The van der Waals surface area contributed by atoms with Crippen molar-refractivity contribution in [1.82, 2.24) is 9.80 Å². The fourth-order valence-corrected chi connectivity index (χ4v) is 5.83. The fourth-order valence-electron chi connectivity index (χ4n) is 5.83. The van der Waals surface area contributed by atoms with Crippen LogP contribution in [0, 0.1) is 10.8 Å². The topological polar surface area (TPSA) is 40.6 Å². The highest BCUT2D eigenvalue weighted by molar-refractivity contribution is 5.88. The number of carbonyl (C=O) groups excluding carboxylic acids is 2. The number of hydrogen-bond acceptors (Lipinski definition) is 2. The second kappa shape index (κ2) is 10.7. The minimum Gasteiger partial charge on any atom is -0.345 e. The molecule has 2 heterocycles. The zero-order valence-corrected chi connectivity index (χ0v) is 21.7. The first kappa shape index (κ1) is 25.7. The third-order valence-corrected chi connectivity index (χ3v) is 8.10. The van der Waals surface area contributed by atoms with Crippen LogP contribution in [0.5, 0.6) is 0 Å². The highest BCUT2D eigenvalue weighted by atomic mass is 16.2. The predicted molar refractivity (Wildman–Crippen MR) is 148 cm³/mol. The van der Waals surface area contributed by atoms with Crippen molar-refractivity contribution < 1.29 is 9.59 Å². The van der Waals surface area contributed by atoms with Gasteiger partial charge >= 0.3 is 0 Å². The van der Waals surface area contributed by atoms with E-state index in [0.717, 1.165) is 48.2 Å². The second-order valence-corrected chi connectivity index (χ2v) is 10.7. The molecule has 0 N–H and O–H groups in total. The van der Waals surface area contributed by atoms with Crippen molar-refractivity contribution >= 4 is 23.0 Å². The summed E-state index contributed by atoms with van der Waals surface area (Å²) in [4.78, 5) is 30.2. The van der Waals surface area contributed by atoms with E-state index in [1.165, 1.54) is 0 Å². The van der Waals surface area contributed by atoms with Crippen LogP contribution in [0.25, 0.3) is 11.1 Å². The highest BCUT2D eigenvalue weighted by Crippen LogP contribution is 2.45. The molecule has 2 atom stereocenters. The van der Waals surface area contributed by atoms with E-state index in [-0.39, 0.29) is 11.8 Å². The van der Waals surface area contributed by atoms with Gasteiger partial charge in [0.15, 0.2) is 0 Å². The van der Waals surface area contributed by atoms with Crippen LogP contribution in [0.15, 0.2) is 86.0 Å². The van der Waals surface area contributed by atoms with Gasteiger partial charge in [-0.25, -0.2) is 0 Å². The van der Waals surface area contributed by atoms with Gasteiger partial charge in [0.1, 0.15) is 0 Å². The van der Waals surface area contributed by atoms with Gasteiger partial charge in [-0.1, -0.05) is 86.0 Å². The van der Waals surface area contributed by atoms with Crippen molar-refractivity contribution in [2.75, 3.05) is 27.2 Å². The van der Waals surface area contributed by atoms with Gasteiger partial charge in [0.25, 0.3) is 0 Å². The molecule has 0 radical (unpaired) electrons. The number of carbonyl (C=O) groups is 2. The molecule has 2 amide bonds. The lowest BCUT2D eigenvalue weighted by Gasteiger charge is -2.28. The molecular weight excluding hydrogens is 444 g/mol. The largest absolute Gasteiger partial charge is 0.345 e. The van der Waals surface area contributed by atoms with Crippen LogP contribution in [0.4, 0.5) is 0 Å². The van der Waals surface area contributed by atoms with Crippen LogP contribution >= 0.6 is 0 Å². The molecule has 2 aromatic carbocycles. The molecule has 0 aromatic heterocycles. The smallest absolute Gasteiger partial charge is 0.229 e. The van der Waals surface area contributed by atoms with Gasteiger partial charge in [-0.3, -0.25) is 9.59 Å². The SMILES string of the molecule is C=C(CC1(CC=CCC2(CC(=C)c3ccccc3)CCN(C)C2=O)CCN(C)C1=O)c1ccccc1. The average Bonchev–Trinajstić information content (AvgIpc) is 3.33. The van der Waals surface area contributed by atoms with E-state index in [9.17, 15) is 9.59 Å². The Bertz CT molecular complexity index is 1060. The van der Waals surface area contributed by atoms with Crippen LogP contribution in [0.1, 0.15) is 49.7 Å². The van der Waals surface area contributed by atoms with Gasteiger partial charge in [0.05, 0.1) is 10.8 Å². The lowest BCUT2D eigenvalue weighted by molar-refractivity contribution is -0.135. The standard InChI is InChI=1S/C32H38N2O2/c1-25(27-13-7-5-8-14-27)23-31(19-21-33(3)29(31)35)17-11-12-18-32(20-22-34(4)30(32)36)24-26(2)28-15-9-6-10-16-28/h5-16H,1-2,17-24H2,3-4H3. The maximum absolute atomic E-state index is 13.3. The summed E-state index contributed by atoms with van der Waals surface area (Å²) in [5, 5.41) is 0. The van der Waals surface area contributed by atoms with Crippen molar-refractivity contribution in [3.8, 4) is 0 Å². The maximum Gasteiger partial charge on any atom is 0.229 e. The third-order valence-electron chi connectivity index (χ3n) is 8.10. The number of rotatable bonds is 10. The molecule has 2 saturated heterocycles. The zero-order chi connectivity index (χ0) is 25.8. The Balaban J connectivity index is 1.49. The number of allylic oxidation sites excluding steroid dienone is 4. The summed E-state index contributed by atoms with van der Waals surface area (Å²) in [5.41, 5.74) is 3.21. The Hall–Kier alpha value is -3.40. The number of amides is 2. The molecule has 2 unspecified atom stereocenters. The molecule has 2 aromatic rings. The van der Waals surface area contributed by atoms with Crippen molar-refractivity contribution in [3.63, 3.8) is 0 Å². The van der Waals surface area contributed by atoms with Crippen LogP contribution in [-0.2, 0) is 9.59 Å². The Morgan fingerprint density at radius 1 is 0.722 bits per heavy atom. The summed E-state index contributed by atoms with van der Waals surface area (Å²) in [6.07, 6.45) is 8.49. The maximum atomic E-state index is 13.3. The molecule has 4 heteroatoms. The van der Waals surface area contributed by atoms with Crippen LogP contribution in [-0.4, -0.2) is 48.8 Å². The number of nitrogens with zero attached hydrogens (tertiary/aromatic N) is 2. The summed E-state index contributed by atoms with van der Waals surface area (Å²) >= 11 is 0. The summed E-state index contributed by atoms with van der Waals surface area (Å²) < 4.78 is 0. The molecule has 2 aliphatic rings. The lowest BCUT2D eigenvalue weighted by Crippen LogP contribution is -2.33. The average molecular weight is 483 g/mol. The van der Waals surface area contributed by atoms with Gasteiger partial charge in [-0.15, -0.1) is 0 Å². The molecule has 2 aliphatic heterocycles. The van der Waals surface area contributed by atoms with E-state index >= 15 is 0 Å². The first-order chi connectivity index (χ1) is 17.3. The first-order valence-corrected chi connectivity index (χ1v) is 12.9. The van der Waals surface area contributed by atoms with Gasteiger partial charge in [-0.2, -0.15) is 0 Å². The van der Waals surface area contributed by atoms with E-state index in [2.05, 4.69) is 49.6 Å². The third kappa shape index (κ3) is 5.23. The van der Waals surface area contributed by atoms with Crippen LogP contribution in [0.2, 0.25) is 0 Å². The van der Waals surface area contributed by atoms with Gasteiger partial charge in [0, 0.05) is 27.2 Å². The Morgan fingerprint density at radius 2 is 1.08 bits per heavy atom. The van der Waals surface area contributed by atoms with E-state index in [1.807, 2.05) is 60.3 Å². The lowest BCUT2D eigenvalue weighted by atomic mass is 9.74. The van der Waals surface area contributed by atoms with Crippen LogP contribution in [0.3, 0.4) is 0 Å². The Morgan fingerprint density at radius 3 is 1.39 bits per heavy atom. The highest BCUT2D eigenvalue weighted by Gasteiger charge is 2.46. The molecular formula is C32H38N2O2. The zero-order valence-electron chi connectivity index (χ0n) is 21.7. The molecule has 4 rings (SSSR count). The van der Waals surface area contributed by atoms with Crippen molar-refractivity contribution in [2.45, 2.75) is 38.5 Å². The van der Waals surface area contributed by atoms with Crippen LogP contribution < -0.4 is 0 Å². The van der Waals surface area contributed by atoms with E-state index in [1.54, 1.807) is 0 Å². The summed E-state index contributed by atoms with van der Waals surface area (Å²) in [6.45, 7) is 10.2. The van der Waals surface area contributed by atoms with Gasteiger partial charge in [0.2, 0.25) is 11.8 Å². The molecule has 36 heavy (non-hydrogen) atoms. The quantitative estimate of drug-likeness (QED) is 0.377. The second-order valence-electron chi connectivity index (χ2n) is 10.7. The molecule has 4 nitrogen and oxygen atoms in total. The van der Waals surface area contributed by atoms with E-state index in [4.69, 9.17) is 0 Å². The first-order valence-electron chi connectivity index (χ1n) is 12.9. The molecule has 2 fully saturated rings. The molecule has 0 bridgehead atoms. The fraction of sp³-hybridized carbons (Fsp3) is 0.375. The van der Waals surface area contributed by atoms with Crippen molar-refractivity contribution in [3.05, 3.63) is 97.1 Å². The van der Waals surface area contributed by atoms with Gasteiger partial charge in [-0.05, 0) is 60.8 Å². The molecule has 0 spiro atoms. The van der Waals surface area contributed by atoms with Crippen molar-refractivity contribution in [2.24, 2.45) is 10.8 Å². The van der Waals surface area contributed by atoms with E-state index in [0.29, 0.717) is 25.7 Å². The van der Waals surface area contributed by atoms with Gasteiger partial charge < -0.3 is 9.80 Å². The minimum atomic E-state index is -0.477. The van der Waals surface area contributed by atoms with Crippen molar-refractivity contribution in [1.29, 1.82) is 0 Å². The predicted octanol–water partition coefficient (Wildman–Crippen LogP) is 6.23. The number of likely N-dealkylation sites (tertiary alicyclic amines) is 2. The monoisotopic (exact) mass is 482 g/mol. The Labute approximate surface area is 216 Å². The number of hydrogen-bond donors (Lipinski definition) is 0. The number of benzene rings is 2. The summed E-state index contributed by atoms with van der Waals surface area (Å²) in [5.74, 6) is 0.376. The Kier molecular flexibility index (Phi) is 7.63. The molecule has 0 aliphatic carbocycles. The van der Waals surface area contributed by atoms with E-state index < -0.39 is 10.8 Å². The normalized spacial score (nSPS) is 24.2. The molecule has 188 valence electrons. The molecule has 0 saturated carbocycles. The summed E-state index contributed by atoms with van der Waals surface area (Å²) in [7, 11) is 3.77. The minimum absolute atomic E-state index is 0.188. The summed E-state index contributed by atoms with van der Waals surface area (Å²) in [6, 6.07) is 20.2.